The van der Waals surface area contributed by atoms with Crippen LogP contribution in [-0.4, -0.2) is 37.3 Å². The normalized spacial score (nSPS) is 10.7. The molecule has 0 fully saturated rings. The minimum Gasteiger partial charge on any atom is -0.365 e. The molecule has 2 aromatic rings. The Morgan fingerprint density at radius 2 is 2.44 bits per heavy atom. The summed E-state index contributed by atoms with van der Waals surface area (Å²) in [6.45, 7) is -0.107. The van der Waals surface area contributed by atoms with Gasteiger partial charge >= 0.3 is 0 Å². The standard InChI is InChI=1S/C9H10N8O/c10-9-14-16-17(15-9)6-8(18)13-12-5-7-3-1-2-4-11-7/h1-5H,6H2,(H2,10,15)(H,13,18). The van der Waals surface area contributed by atoms with E-state index in [2.05, 4.69) is 30.9 Å². The van der Waals surface area contributed by atoms with E-state index in [9.17, 15) is 4.79 Å². The van der Waals surface area contributed by atoms with Gasteiger partial charge in [0.15, 0.2) is 0 Å². The molecule has 2 aromatic heterocycles. The third-order valence-electron chi connectivity index (χ3n) is 1.83. The Bertz CT molecular complexity index is 549. The molecule has 0 unspecified atom stereocenters. The minimum absolute atomic E-state index is 0.0137. The molecule has 2 heterocycles. The highest BCUT2D eigenvalue weighted by molar-refractivity contribution is 5.80. The first-order chi connectivity index (χ1) is 8.74. The number of nitrogen functional groups attached to an aromatic ring is 1. The first kappa shape index (κ1) is 11.6. The maximum Gasteiger partial charge on any atom is 0.263 e. The van der Waals surface area contributed by atoms with Crippen molar-refractivity contribution in [2.24, 2.45) is 5.10 Å². The van der Waals surface area contributed by atoms with Gasteiger partial charge in [-0.3, -0.25) is 9.78 Å². The number of rotatable bonds is 4. The van der Waals surface area contributed by atoms with Crippen LogP contribution in [-0.2, 0) is 11.3 Å². The number of aromatic nitrogens is 5. The predicted octanol–water partition coefficient (Wildman–Crippen LogP) is -1.20. The average molecular weight is 246 g/mol. The summed E-state index contributed by atoms with van der Waals surface area (Å²) in [6.07, 6.45) is 3.06. The van der Waals surface area contributed by atoms with Crippen LogP contribution in [0.25, 0.3) is 0 Å². The molecule has 3 N–H and O–H groups in total. The first-order valence-electron chi connectivity index (χ1n) is 5.00. The van der Waals surface area contributed by atoms with E-state index in [-0.39, 0.29) is 18.4 Å². The second-order valence-electron chi connectivity index (χ2n) is 3.23. The molecule has 9 nitrogen and oxygen atoms in total. The summed E-state index contributed by atoms with van der Waals surface area (Å²) in [5.74, 6) is -0.376. The van der Waals surface area contributed by atoms with Crippen molar-refractivity contribution in [3.63, 3.8) is 0 Å². The molecule has 0 atom stereocenters. The first-order valence-corrected chi connectivity index (χ1v) is 5.00. The molecule has 0 aliphatic rings. The van der Waals surface area contributed by atoms with Crippen molar-refractivity contribution in [1.29, 1.82) is 0 Å². The summed E-state index contributed by atoms with van der Waals surface area (Å²) in [6, 6.07) is 5.37. The summed E-state index contributed by atoms with van der Waals surface area (Å²) >= 11 is 0. The lowest BCUT2D eigenvalue weighted by molar-refractivity contribution is -0.122. The molecule has 0 spiro atoms. The molecule has 0 aromatic carbocycles. The lowest BCUT2D eigenvalue weighted by Crippen LogP contribution is -2.24. The van der Waals surface area contributed by atoms with Gasteiger partial charge in [-0.25, -0.2) is 5.43 Å². The second-order valence-corrected chi connectivity index (χ2v) is 3.23. The molecule has 2 rings (SSSR count). The lowest BCUT2D eigenvalue weighted by atomic mass is 10.4. The van der Waals surface area contributed by atoms with E-state index < -0.39 is 0 Å². The zero-order chi connectivity index (χ0) is 12.8. The SMILES string of the molecule is Nc1nnn(CC(=O)NN=Cc2ccccn2)n1. The summed E-state index contributed by atoms with van der Waals surface area (Å²) < 4.78 is 0. The van der Waals surface area contributed by atoms with E-state index in [1.54, 1.807) is 18.3 Å². The zero-order valence-corrected chi connectivity index (χ0v) is 9.26. The van der Waals surface area contributed by atoms with Crippen molar-refractivity contribution in [2.45, 2.75) is 6.54 Å². The van der Waals surface area contributed by atoms with Gasteiger partial charge in [0.25, 0.3) is 11.9 Å². The molecule has 0 saturated carbocycles. The smallest absolute Gasteiger partial charge is 0.263 e. The summed E-state index contributed by atoms with van der Waals surface area (Å²) in [4.78, 5) is 16.5. The Balaban J connectivity index is 1.83. The number of pyridine rings is 1. The van der Waals surface area contributed by atoms with Crippen LogP contribution in [0.3, 0.4) is 0 Å². The van der Waals surface area contributed by atoms with Crippen molar-refractivity contribution < 1.29 is 4.79 Å². The van der Waals surface area contributed by atoms with Gasteiger partial charge in [0.05, 0.1) is 11.9 Å². The van der Waals surface area contributed by atoms with Crippen LogP contribution < -0.4 is 11.2 Å². The van der Waals surface area contributed by atoms with Crippen LogP contribution in [0.2, 0.25) is 0 Å². The van der Waals surface area contributed by atoms with Crippen molar-refractivity contribution in [3.05, 3.63) is 30.1 Å². The van der Waals surface area contributed by atoms with Crippen LogP contribution in [0.1, 0.15) is 5.69 Å². The molecule has 1 amide bonds. The topological polar surface area (TPSA) is 124 Å². The van der Waals surface area contributed by atoms with Gasteiger partial charge in [-0.15, -0.1) is 5.10 Å². The Morgan fingerprint density at radius 3 is 3.11 bits per heavy atom. The number of hydrogen-bond donors (Lipinski definition) is 2. The largest absolute Gasteiger partial charge is 0.365 e. The summed E-state index contributed by atoms with van der Waals surface area (Å²) in [7, 11) is 0. The van der Waals surface area contributed by atoms with Crippen LogP contribution in [0.15, 0.2) is 29.5 Å². The fourth-order valence-corrected chi connectivity index (χ4v) is 1.11. The zero-order valence-electron chi connectivity index (χ0n) is 9.26. The number of nitrogens with two attached hydrogens (primary N) is 1. The Kier molecular flexibility index (Phi) is 3.54. The predicted molar refractivity (Wildman–Crippen MR) is 62.2 cm³/mol. The maximum atomic E-state index is 11.4. The van der Waals surface area contributed by atoms with Gasteiger partial charge < -0.3 is 5.73 Å². The second kappa shape index (κ2) is 5.48. The van der Waals surface area contributed by atoms with Gasteiger partial charge in [-0.2, -0.15) is 9.90 Å². The van der Waals surface area contributed by atoms with E-state index >= 15 is 0 Å². The van der Waals surface area contributed by atoms with Crippen molar-refractivity contribution in [2.75, 3.05) is 5.73 Å². The highest BCUT2D eigenvalue weighted by Gasteiger charge is 2.04. The number of hydrogen-bond acceptors (Lipinski definition) is 7. The van der Waals surface area contributed by atoms with E-state index in [1.165, 1.54) is 6.21 Å². The molecule has 9 heteroatoms. The number of hydrazone groups is 1. The number of amides is 1. The van der Waals surface area contributed by atoms with E-state index in [1.807, 2.05) is 6.07 Å². The van der Waals surface area contributed by atoms with E-state index in [4.69, 9.17) is 5.73 Å². The van der Waals surface area contributed by atoms with Gasteiger partial charge in [-0.1, -0.05) is 11.2 Å². The summed E-state index contributed by atoms with van der Waals surface area (Å²) in [5, 5.41) is 14.4. The molecular formula is C9H10N8O. The number of nitrogens with zero attached hydrogens (tertiary/aromatic N) is 6. The van der Waals surface area contributed by atoms with Crippen molar-refractivity contribution >= 4 is 18.1 Å². The van der Waals surface area contributed by atoms with Crippen molar-refractivity contribution in [3.8, 4) is 0 Å². The molecule has 0 saturated heterocycles. The molecular weight excluding hydrogens is 236 g/mol. The van der Waals surface area contributed by atoms with Crippen LogP contribution in [0, 0.1) is 0 Å². The van der Waals surface area contributed by atoms with Crippen molar-refractivity contribution in [1.82, 2.24) is 30.6 Å². The number of carbonyl (C=O) groups is 1. The lowest BCUT2D eigenvalue weighted by Gasteiger charge is -1.97. The number of tetrazole rings is 1. The summed E-state index contributed by atoms with van der Waals surface area (Å²) in [5.41, 5.74) is 8.21. The fourth-order valence-electron chi connectivity index (χ4n) is 1.11. The molecule has 0 aliphatic heterocycles. The maximum absolute atomic E-state index is 11.4. The Hall–Kier alpha value is -2.84. The van der Waals surface area contributed by atoms with Gasteiger partial charge in [0.1, 0.15) is 6.54 Å². The highest BCUT2D eigenvalue weighted by atomic mass is 16.2. The van der Waals surface area contributed by atoms with Crippen LogP contribution in [0.5, 0.6) is 0 Å². The molecule has 0 bridgehead atoms. The Labute approximate surface area is 102 Å². The highest BCUT2D eigenvalue weighted by Crippen LogP contribution is 1.88. The molecule has 92 valence electrons. The molecule has 0 aliphatic carbocycles. The van der Waals surface area contributed by atoms with Gasteiger partial charge in [0, 0.05) is 6.20 Å². The van der Waals surface area contributed by atoms with Crippen LogP contribution >= 0.6 is 0 Å². The third kappa shape index (κ3) is 3.33. The molecule has 0 radical (unpaired) electrons. The number of anilines is 1. The van der Waals surface area contributed by atoms with Crippen LogP contribution in [0.4, 0.5) is 5.95 Å². The monoisotopic (exact) mass is 246 g/mol. The van der Waals surface area contributed by atoms with Gasteiger partial charge in [0.2, 0.25) is 0 Å². The Morgan fingerprint density at radius 1 is 1.56 bits per heavy atom. The third-order valence-corrected chi connectivity index (χ3v) is 1.83. The van der Waals surface area contributed by atoms with E-state index in [0.717, 1.165) is 4.80 Å². The minimum atomic E-state index is -0.389. The quantitative estimate of drug-likeness (QED) is 0.515. The van der Waals surface area contributed by atoms with Gasteiger partial charge in [-0.05, 0) is 17.3 Å². The fraction of sp³-hybridized carbons (Fsp3) is 0.111. The number of carbonyl (C=O) groups excluding carboxylic acids is 1. The number of nitrogens with one attached hydrogen (secondary N) is 1. The average Bonchev–Trinajstić information content (AvgIpc) is 2.76. The molecule has 18 heavy (non-hydrogen) atoms. The van der Waals surface area contributed by atoms with E-state index in [0.29, 0.717) is 5.69 Å².